The van der Waals surface area contributed by atoms with Crippen molar-refractivity contribution in [3.8, 4) is 34.5 Å². The summed E-state index contributed by atoms with van der Waals surface area (Å²) in [5.41, 5.74) is 0.550. The van der Waals surface area contributed by atoms with Crippen LogP contribution >= 0.6 is 0 Å². The van der Waals surface area contributed by atoms with Crippen molar-refractivity contribution in [1.82, 2.24) is 0 Å². The molecular weight excluding hydrogens is 456 g/mol. The van der Waals surface area contributed by atoms with Gasteiger partial charge in [-0.2, -0.15) is 0 Å². The second kappa shape index (κ2) is 9.33. The van der Waals surface area contributed by atoms with Crippen molar-refractivity contribution in [3.63, 3.8) is 0 Å². The van der Waals surface area contributed by atoms with Crippen molar-refractivity contribution in [1.29, 1.82) is 0 Å². The van der Waals surface area contributed by atoms with Gasteiger partial charge in [-0.1, -0.05) is 0 Å². The second-order valence-corrected chi connectivity index (χ2v) is 8.14. The van der Waals surface area contributed by atoms with Crippen LogP contribution in [0.2, 0.25) is 0 Å². The van der Waals surface area contributed by atoms with Crippen molar-refractivity contribution >= 4 is 0 Å². The highest BCUT2D eigenvalue weighted by Crippen LogP contribution is 2.45. The Morgan fingerprint density at radius 3 is 2.24 bits per heavy atom. The number of fused-ring (bicyclic) bond motifs is 1. The molecule has 0 saturated carbocycles. The first-order valence-corrected chi connectivity index (χ1v) is 10.4. The van der Waals surface area contributed by atoms with Gasteiger partial charge in [-0.3, -0.25) is 0 Å². The molecule has 4 rings (SSSR count). The fourth-order valence-electron chi connectivity index (χ4n) is 4.12. The quantitative estimate of drug-likeness (QED) is 0.260. The summed E-state index contributed by atoms with van der Waals surface area (Å²) in [6, 6.07) is 5.01. The van der Waals surface area contributed by atoms with Crippen molar-refractivity contribution < 1.29 is 59.8 Å². The highest BCUT2D eigenvalue weighted by Gasteiger charge is 2.45. The van der Waals surface area contributed by atoms with Crippen molar-refractivity contribution in [2.45, 2.75) is 49.3 Å². The van der Waals surface area contributed by atoms with E-state index < -0.39 is 49.5 Å². The van der Waals surface area contributed by atoms with Crippen LogP contribution in [0.1, 0.15) is 17.2 Å². The van der Waals surface area contributed by atoms with Gasteiger partial charge in [0.1, 0.15) is 41.7 Å². The van der Waals surface area contributed by atoms with Crippen LogP contribution in [0.4, 0.5) is 0 Å². The summed E-state index contributed by atoms with van der Waals surface area (Å²) in [5.74, 6) is -1.05. The Morgan fingerprint density at radius 1 is 0.941 bits per heavy atom. The molecule has 1 fully saturated rings. The molecule has 0 aliphatic carbocycles. The average Bonchev–Trinajstić information content (AvgIpc) is 2.79. The zero-order chi connectivity index (χ0) is 24.7. The molecule has 0 spiro atoms. The summed E-state index contributed by atoms with van der Waals surface area (Å²) < 4.78 is 21.8. The van der Waals surface area contributed by atoms with E-state index in [2.05, 4.69) is 0 Å². The number of hydrogen-bond donors (Lipinski definition) is 8. The lowest BCUT2D eigenvalue weighted by atomic mass is 9.93. The van der Waals surface area contributed by atoms with Gasteiger partial charge in [0.15, 0.2) is 17.6 Å². The van der Waals surface area contributed by atoms with Crippen LogP contribution in [0.15, 0.2) is 24.3 Å². The van der Waals surface area contributed by atoms with E-state index in [9.17, 15) is 40.9 Å². The van der Waals surface area contributed by atoms with Gasteiger partial charge in [0.05, 0.1) is 19.8 Å². The Balaban J connectivity index is 1.63. The molecule has 2 aromatic carbocycles. The van der Waals surface area contributed by atoms with Gasteiger partial charge in [-0.15, -0.1) is 0 Å². The normalized spacial score (nSPS) is 30.8. The lowest BCUT2D eigenvalue weighted by Gasteiger charge is -2.40. The lowest BCUT2D eigenvalue weighted by Crippen LogP contribution is -2.60. The zero-order valence-corrected chi connectivity index (χ0v) is 18.0. The van der Waals surface area contributed by atoms with E-state index in [1.807, 2.05) is 0 Å². The Hall–Kier alpha value is -3.00. The lowest BCUT2D eigenvalue weighted by molar-refractivity contribution is -0.277. The number of benzene rings is 2. The van der Waals surface area contributed by atoms with Crippen LogP contribution in [0.5, 0.6) is 34.5 Å². The zero-order valence-electron chi connectivity index (χ0n) is 18.0. The molecule has 8 N–H and O–H groups in total. The van der Waals surface area contributed by atoms with Gasteiger partial charge >= 0.3 is 0 Å². The highest BCUT2D eigenvalue weighted by atomic mass is 16.7. The molecule has 0 amide bonds. The summed E-state index contributed by atoms with van der Waals surface area (Å²) in [4.78, 5) is 0. The molecule has 2 aromatic rings. The van der Waals surface area contributed by atoms with Crippen LogP contribution in [0.3, 0.4) is 0 Å². The fourth-order valence-corrected chi connectivity index (χ4v) is 4.12. The summed E-state index contributed by atoms with van der Waals surface area (Å²) in [7, 11) is 1.27. The maximum absolute atomic E-state index is 10.8. The third-order valence-electron chi connectivity index (χ3n) is 5.87. The molecule has 0 bridgehead atoms. The van der Waals surface area contributed by atoms with Gasteiger partial charge in [-0.25, -0.2) is 0 Å². The SMILES string of the molecule is COc1c(O)cc(C2Oc3cc(O)cc(OC4OC(CO)C(O)C(O)C4O)c3CC2O)cc1O. The molecule has 2 aliphatic heterocycles. The van der Waals surface area contributed by atoms with Crippen LogP contribution in [0, 0.1) is 0 Å². The second-order valence-electron chi connectivity index (χ2n) is 8.14. The van der Waals surface area contributed by atoms with Gasteiger partial charge < -0.3 is 59.8 Å². The Bertz CT molecular complexity index is 1020. The van der Waals surface area contributed by atoms with E-state index in [0.717, 1.165) is 0 Å². The Morgan fingerprint density at radius 2 is 1.62 bits per heavy atom. The van der Waals surface area contributed by atoms with E-state index >= 15 is 0 Å². The van der Waals surface area contributed by atoms with E-state index in [0.29, 0.717) is 5.56 Å². The molecule has 7 atom stereocenters. The van der Waals surface area contributed by atoms with Crippen molar-refractivity contribution in [2.24, 2.45) is 0 Å². The monoisotopic (exact) mass is 482 g/mol. The summed E-state index contributed by atoms with van der Waals surface area (Å²) in [5, 5.41) is 80.7. The van der Waals surface area contributed by atoms with Gasteiger partial charge in [0.25, 0.3) is 0 Å². The number of aliphatic hydroxyl groups excluding tert-OH is 5. The smallest absolute Gasteiger partial charge is 0.229 e. The minimum Gasteiger partial charge on any atom is -0.508 e. The molecule has 1 saturated heterocycles. The summed E-state index contributed by atoms with van der Waals surface area (Å²) >= 11 is 0. The highest BCUT2D eigenvalue weighted by molar-refractivity contribution is 5.55. The molecule has 186 valence electrons. The molecule has 2 aliphatic rings. The van der Waals surface area contributed by atoms with Crippen molar-refractivity contribution in [2.75, 3.05) is 13.7 Å². The van der Waals surface area contributed by atoms with Gasteiger partial charge in [0.2, 0.25) is 12.0 Å². The van der Waals surface area contributed by atoms with Gasteiger partial charge in [0, 0.05) is 29.7 Å². The number of phenols is 3. The Kier molecular flexibility index (Phi) is 6.62. The average molecular weight is 482 g/mol. The van der Waals surface area contributed by atoms with E-state index in [1.54, 1.807) is 0 Å². The molecule has 0 aromatic heterocycles. The third-order valence-corrected chi connectivity index (χ3v) is 5.87. The predicted octanol–water partition coefficient (Wildman–Crippen LogP) is -0.972. The van der Waals surface area contributed by atoms with Crippen LogP contribution in [-0.2, 0) is 11.2 Å². The maximum Gasteiger partial charge on any atom is 0.229 e. The first kappa shape index (κ1) is 24.1. The third kappa shape index (κ3) is 4.27. The molecule has 7 unspecified atom stereocenters. The van der Waals surface area contributed by atoms with Crippen molar-refractivity contribution in [3.05, 3.63) is 35.4 Å². The number of ether oxygens (including phenoxy) is 4. The fraction of sp³-hybridized carbons (Fsp3) is 0.455. The van der Waals surface area contributed by atoms with E-state index in [-0.39, 0.29) is 46.5 Å². The number of methoxy groups -OCH3 is 1. The molecular formula is C22H26O12. The predicted molar refractivity (Wildman–Crippen MR) is 112 cm³/mol. The van der Waals surface area contributed by atoms with E-state index in [4.69, 9.17) is 18.9 Å². The number of aliphatic hydroxyl groups is 5. The summed E-state index contributed by atoms with van der Waals surface area (Å²) in [6.07, 6.45) is -9.88. The molecule has 0 radical (unpaired) electrons. The van der Waals surface area contributed by atoms with Crippen LogP contribution < -0.4 is 14.2 Å². The number of aromatic hydroxyl groups is 3. The van der Waals surface area contributed by atoms with Crippen LogP contribution in [-0.4, -0.2) is 91.4 Å². The van der Waals surface area contributed by atoms with Crippen LogP contribution in [0.25, 0.3) is 0 Å². The number of hydrogen-bond acceptors (Lipinski definition) is 12. The first-order valence-electron chi connectivity index (χ1n) is 10.4. The number of phenolic OH excluding ortho intramolecular Hbond substituents is 3. The largest absolute Gasteiger partial charge is 0.508 e. The summed E-state index contributed by atoms with van der Waals surface area (Å²) in [6.45, 7) is -0.645. The molecule has 2 heterocycles. The standard InChI is InChI=1S/C22H26O12/c1-31-21-11(25)2-8(3-12(21)26)20-13(27)6-10-14(32-20)4-9(24)5-15(10)33-22-19(30)18(29)17(28)16(7-23)34-22/h2-5,13,16-20,22-30H,6-7H2,1H3. The number of rotatable bonds is 5. The molecule has 12 nitrogen and oxygen atoms in total. The molecule has 12 heteroatoms. The Labute approximate surface area is 193 Å². The minimum atomic E-state index is -1.68. The first-order chi connectivity index (χ1) is 16.1. The topological polar surface area (TPSA) is 199 Å². The molecule has 34 heavy (non-hydrogen) atoms. The maximum atomic E-state index is 10.8. The minimum absolute atomic E-state index is 0.0303. The van der Waals surface area contributed by atoms with Gasteiger partial charge in [-0.05, 0) is 12.1 Å². The van der Waals surface area contributed by atoms with E-state index in [1.165, 1.54) is 31.4 Å².